The molecule has 3 aliphatic rings. The molecule has 1 aromatic rings. The lowest BCUT2D eigenvalue weighted by atomic mass is 9.73. The highest BCUT2D eigenvalue weighted by Crippen LogP contribution is 2.54. The van der Waals surface area contributed by atoms with Gasteiger partial charge in [-0.2, -0.15) is 0 Å². The second-order valence-electron chi connectivity index (χ2n) is 8.78. The molecule has 3 heterocycles. The minimum absolute atomic E-state index is 0.00367. The minimum atomic E-state index is -0.130. The third kappa shape index (κ3) is 3.85. The summed E-state index contributed by atoms with van der Waals surface area (Å²) in [5.74, 6) is 1.55. The summed E-state index contributed by atoms with van der Waals surface area (Å²) in [6.07, 6.45) is 2.62. The van der Waals surface area contributed by atoms with E-state index in [0.717, 1.165) is 37.2 Å². The van der Waals surface area contributed by atoms with Crippen LogP contribution in [0, 0.1) is 11.8 Å². The van der Waals surface area contributed by atoms with Crippen molar-refractivity contribution in [2.24, 2.45) is 11.8 Å². The molecule has 4 rings (SSSR count). The molecular formula is C22H31N3O4. The largest absolute Gasteiger partial charge is 0.496 e. The Labute approximate surface area is 172 Å². The van der Waals surface area contributed by atoms with E-state index in [1.807, 2.05) is 24.3 Å². The van der Waals surface area contributed by atoms with E-state index in [2.05, 4.69) is 10.2 Å². The quantitative estimate of drug-likeness (QED) is 0.736. The van der Waals surface area contributed by atoms with Crippen LogP contribution in [-0.4, -0.2) is 80.7 Å². The number of nitrogens with one attached hydrogen (secondary N) is 1. The number of hydrogen-bond donors (Lipinski definition) is 1. The van der Waals surface area contributed by atoms with Gasteiger partial charge in [-0.05, 0) is 18.9 Å². The first-order chi connectivity index (χ1) is 13.9. The molecule has 0 saturated carbocycles. The molecule has 1 spiro atoms. The van der Waals surface area contributed by atoms with E-state index >= 15 is 0 Å². The van der Waals surface area contributed by atoms with Gasteiger partial charge in [0.1, 0.15) is 5.75 Å². The molecule has 29 heavy (non-hydrogen) atoms. The normalized spacial score (nSPS) is 30.2. The zero-order valence-corrected chi connectivity index (χ0v) is 17.5. The van der Waals surface area contributed by atoms with E-state index in [1.54, 1.807) is 26.1 Å². The molecule has 0 aromatic heterocycles. The summed E-state index contributed by atoms with van der Waals surface area (Å²) >= 11 is 0. The fourth-order valence-electron chi connectivity index (χ4n) is 5.33. The molecule has 3 saturated heterocycles. The van der Waals surface area contributed by atoms with Gasteiger partial charge >= 0.3 is 0 Å². The summed E-state index contributed by atoms with van der Waals surface area (Å²) in [5.41, 5.74) is 0.761. The highest BCUT2D eigenvalue weighted by Gasteiger charge is 2.62. The van der Waals surface area contributed by atoms with Crippen LogP contribution in [0.25, 0.3) is 0 Å². The number of carbonyl (C=O) groups excluding carboxylic acids is 2. The van der Waals surface area contributed by atoms with Crippen LogP contribution in [0.15, 0.2) is 24.3 Å². The van der Waals surface area contributed by atoms with Crippen LogP contribution in [0.4, 0.5) is 0 Å². The van der Waals surface area contributed by atoms with Gasteiger partial charge < -0.3 is 19.7 Å². The first-order valence-corrected chi connectivity index (χ1v) is 10.4. The van der Waals surface area contributed by atoms with Crippen LogP contribution in [-0.2, 0) is 20.7 Å². The van der Waals surface area contributed by atoms with Crippen molar-refractivity contribution in [3.05, 3.63) is 29.8 Å². The van der Waals surface area contributed by atoms with Gasteiger partial charge in [0.25, 0.3) is 0 Å². The Balaban J connectivity index is 1.35. The number of ether oxygens (including phenoxy) is 2. The summed E-state index contributed by atoms with van der Waals surface area (Å²) in [6, 6.07) is 7.61. The third-order valence-corrected chi connectivity index (χ3v) is 6.79. The maximum Gasteiger partial charge on any atom is 0.236 e. The monoisotopic (exact) mass is 401 g/mol. The average molecular weight is 402 g/mol. The maximum absolute atomic E-state index is 12.6. The van der Waals surface area contributed by atoms with Crippen molar-refractivity contribution in [2.45, 2.75) is 31.0 Å². The first-order valence-electron chi connectivity index (χ1n) is 10.4. The van der Waals surface area contributed by atoms with Gasteiger partial charge in [-0.25, -0.2) is 0 Å². The van der Waals surface area contributed by atoms with E-state index in [9.17, 15) is 9.59 Å². The van der Waals surface area contributed by atoms with Gasteiger partial charge in [-0.3, -0.25) is 14.5 Å². The second-order valence-corrected chi connectivity index (χ2v) is 8.78. The third-order valence-electron chi connectivity index (χ3n) is 6.79. The van der Waals surface area contributed by atoms with Crippen molar-refractivity contribution < 1.29 is 19.1 Å². The Hall–Kier alpha value is -2.12. The smallest absolute Gasteiger partial charge is 0.236 e. The number of carbonyl (C=O) groups is 2. The van der Waals surface area contributed by atoms with Crippen molar-refractivity contribution in [1.82, 2.24) is 15.1 Å². The fourth-order valence-corrected chi connectivity index (χ4v) is 5.33. The number of likely N-dealkylation sites (N-methyl/N-ethyl adjacent to an activating group) is 1. The van der Waals surface area contributed by atoms with Gasteiger partial charge in [0.2, 0.25) is 11.8 Å². The Kier molecular flexibility index (Phi) is 5.53. The van der Waals surface area contributed by atoms with Gasteiger partial charge in [0.05, 0.1) is 31.8 Å². The molecular weight excluding hydrogens is 370 g/mol. The Morgan fingerprint density at radius 3 is 2.90 bits per heavy atom. The van der Waals surface area contributed by atoms with Crippen LogP contribution in [0.5, 0.6) is 5.75 Å². The molecule has 158 valence electrons. The van der Waals surface area contributed by atoms with Crippen molar-refractivity contribution in [1.29, 1.82) is 0 Å². The molecule has 4 atom stereocenters. The maximum atomic E-state index is 12.6. The van der Waals surface area contributed by atoms with Crippen LogP contribution in [0.2, 0.25) is 0 Å². The van der Waals surface area contributed by atoms with E-state index in [1.165, 1.54) is 0 Å². The fraction of sp³-hybridized carbons (Fsp3) is 0.636. The summed E-state index contributed by atoms with van der Waals surface area (Å²) < 4.78 is 11.8. The van der Waals surface area contributed by atoms with Gasteiger partial charge in [0, 0.05) is 51.1 Å². The number of hydrogen-bond acceptors (Lipinski definition) is 5. The molecule has 2 amide bonds. The predicted octanol–water partition coefficient (Wildman–Crippen LogP) is 0.922. The number of nitrogens with zero attached hydrogens (tertiary/aromatic N) is 2. The number of para-hydroxylation sites is 1. The number of amides is 2. The highest BCUT2D eigenvalue weighted by molar-refractivity contribution is 5.79. The summed E-state index contributed by atoms with van der Waals surface area (Å²) in [5, 5.41) is 3.12. The van der Waals surface area contributed by atoms with Gasteiger partial charge in [-0.15, -0.1) is 0 Å². The molecule has 3 aliphatic heterocycles. The summed E-state index contributed by atoms with van der Waals surface area (Å²) in [7, 11) is 5.20. The average Bonchev–Trinajstić information content (AvgIpc) is 3.34. The predicted molar refractivity (Wildman–Crippen MR) is 109 cm³/mol. The van der Waals surface area contributed by atoms with E-state index in [0.29, 0.717) is 31.3 Å². The SMILES string of the molecule is COc1ccccc1CC(=O)NC[C@H]1[C@H]2CN(CC(=O)N(C)C)C[C@]23CC[C@H]1O3. The Bertz CT molecular complexity index is 783. The molecule has 1 aromatic carbocycles. The Morgan fingerprint density at radius 2 is 2.14 bits per heavy atom. The summed E-state index contributed by atoms with van der Waals surface area (Å²) in [6.45, 7) is 2.75. The second kappa shape index (κ2) is 7.95. The zero-order valence-electron chi connectivity index (χ0n) is 17.5. The topological polar surface area (TPSA) is 71.1 Å². The standard InChI is InChI=1S/C22H31N3O4/c1-24(2)21(27)13-25-12-17-16(19-8-9-22(17,14-25)29-19)11-23-20(26)10-15-6-4-5-7-18(15)28-3/h4-7,16-17,19H,8-14H2,1-3H3,(H,23,26)/t16-,17+,19+,22+/m0/s1. The van der Waals surface area contributed by atoms with Crippen LogP contribution >= 0.6 is 0 Å². The lowest BCUT2D eigenvalue weighted by Crippen LogP contribution is -2.42. The summed E-state index contributed by atoms with van der Waals surface area (Å²) in [4.78, 5) is 28.5. The lowest BCUT2D eigenvalue weighted by Gasteiger charge is -2.29. The minimum Gasteiger partial charge on any atom is -0.496 e. The van der Waals surface area contributed by atoms with Crippen molar-refractivity contribution in [3.8, 4) is 5.75 Å². The molecule has 0 aliphatic carbocycles. The number of fused-ring (bicyclic) bond motifs is 1. The van der Waals surface area contributed by atoms with E-state index < -0.39 is 0 Å². The number of likely N-dealkylation sites (tertiary alicyclic amines) is 1. The number of methoxy groups -OCH3 is 1. The molecule has 7 heteroatoms. The number of benzene rings is 1. The van der Waals surface area contributed by atoms with Gasteiger partial charge in [-0.1, -0.05) is 18.2 Å². The number of rotatable bonds is 7. The molecule has 2 bridgehead atoms. The van der Waals surface area contributed by atoms with Crippen LogP contribution in [0.1, 0.15) is 18.4 Å². The van der Waals surface area contributed by atoms with E-state index in [-0.39, 0.29) is 23.5 Å². The van der Waals surface area contributed by atoms with Crippen molar-refractivity contribution >= 4 is 11.8 Å². The van der Waals surface area contributed by atoms with Crippen LogP contribution < -0.4 is 10.1 Å². The molecule has 0 unspecified atom stereocenters. The Morgan fingerprint density at radius 1 is 1.34 bits per heavy atom. The first kappa shape index (κ1) is 20.2. The van der Waals surface area contributed by atoms with Crippen LogP contribution in [0.3, 0.4) is 0 Å². The molecule has 7 nitrogen and oxygen atoms in total. The lowest BCUT2D eigenvalue weighted by molar-refractivity contribution is -0.130. The highest BCUT2D eigenvalue weighted by atomic mass is 16.5. The van der Waals surface area contributed by atoms with Gasteiger partial charge in [0.15, 0.2) is 0 Å². The molecule has 3 fully saturated rings. The molecule has 1 N–H and O–H groups in total. The van der Waals surface area contributed by atoms with Crippen molar-refractivity contribution in [3.63, 3.8) is 0 Å². The van der Waals surface area contributed by atoms with E-state index in [4.69, 9.17) is 9.47 Å². The molecule has 0 radical (unpaired) electrons. The zero-order chi connectivity index (χ0) is 20.6. The van der Waals surface area contributed by atoms with Crippen molar-refractivity contribution in [2.75, 3.05) is 47.4 Å².